The number of aromatic nitrogens is 3. The third-order valence-corrected chi connectivity index (χ3v) is 6.38. The number of imidazole rings is 1. The summed E-state index contributed by atoms with van der Waals surface area (Å²) in [6.45, 7) is 1.81. The molecule has 34 heavy (non-hydrogen) atoms. The first-order valence-corrected chi connectivity index (χ1v) is 11.8. The van der Waals surface area contributed by atoms with Gasteiger partial charge in [-0.1, -0.05) is 11.6 Å². The Bertz CT molecular complexity index is 1310. The number of rotatable bonds is 7. The summed E-state index contributed by atoms with van der Waals surface area (Å²) in [7, 11) is 1.96. The lowest BCUT2D eigenvalue weighted by Gasteiger charge is -2.21. The average Bonchev–Trinajstić information content (AvgIpc) is 3.15. The van der Waals surface area contributed by atoms with Crippen molar-refractivity contribution in [2.24, 2.45) is 13.0 Å². The van der Waals surface area contributed by atoms with Gasteiger partial charge in [0.05, 0.1) is 16.7 Å². The molecule has 3 heterocycles. The fourth-order valence-corrected chi connectivity index (χ4v) is 4.36. The first-order chi connectivity index (χ1) is 16.5. The van der Waals surface area contributed by atoms with Gasteiger partial charge in [0.1, 0.15) is 17.3 Å². The number of nitrogens with zero attached hydrogens (tertiary/aromatic N) is 3. The van der Waals surface area contributed by atoms with E-state index in [2.05, 4.69) is 15.6 Å². The maximum Gasteiger partial charge on any atom is 0.208 e. The number of benzene rings is 2. The molecular weight excluding hydrogens is 450 g/mol. The standard InChI is InChI=1S/C26H26ClN5O2/c1-32-24-7-6-21(16-23(24)31-26(32)30-19-4-2-18(27)3-5-19)34-22-10-13-29-20(14-22)15-25(33)17-8-11-28-12-9-17/h2-7,10,13-14,16-17,28H,8-9,11-12,15H2,1H3,(H,30,31). The summed E-state index contributed by atoms with van der Waals surface area (Å²) < 4.78 is 8.08. The molecule has 2 N–H and O–H groups in total. The molecule has 1 aliphatic rings. The highest BCUT2D eigenvalue weighted by molar-refractivity contribution is 6.30. The highest BCUT2D eigenvalue weighted by Crippen LogP contribution is 2.28. The number of halogens is 1. The van der Waals surface area contributed by atoms with Crippen molar-refractivity contribution in [2.75, 3.05) is 18.4 Å². The number of piperidine rings is 1. The molecule has 2 aromatic carbocycles. The number of Topliss-reactive ketones (excluding diaryl/α,β-unsaturated/α-hetero) is 1. The number of carbonyl (C=O) groups excluding carboxylic acids is 1. The van der Waals surface area contributed by atoms with E-state index in [9.17, 15) is 4.79 Å². The van der Waals surface area contributed by atoms with Crippen LogP contribution in [0.1, 0.15) is 18.5 Å². The third-order valence-electron chi connectivity index (χ3n) is 6.13. The van der Waals surface area contributed by atoms with Gasteiger partial charge in [-0.05, 0) is 68.4 Å². The summed E-state index contributed by atoms with van der Waals surface area (Å²) in [5, 5.41) is 7.30. The van der Waals surface area contributed by atoms with Crippen LogP contribution in [0.25, 0.3) is 11.0 Å². The van der Waals surface area contributed by atoms with Crippen LogP contribution < -0.4 is 15.4 Å². The van der Waals surface area contributed by atoms with Crippen molar-refractivity contribution in [2.45, 2.75) is 19.3 Å². The van der Waals surface area contributed by atoms with Gasteiger partial charge in [-0.3, -0.25) is 9.78 Å². The minimum absolute atomic E-state index is 0.120. The van der Waals surface area contributed by atoms with E-state index in [0.717, 1.165) is 54.3 Å². The SMILES string of the molecule is Cn1c(Nc2ccc(Cl)cc2)nc2cc(Oc3ccnc(CC(=O)C4CCNCC4)c3)ccc21. The van der Waals surface area contributed by atoms with E-state index < -0.39 is 0 Å². The van der Waals surface area contributed by atoms with Crippen LogP contribution in [0.5, 0.6) is 11.5 Å². The number of hydrogen-bond donors (Lipinski definition) is 2. The number of ketones is 1. The Morgan fingerprint density at radius 3 is 2.68 bits per heavy atom. The van der Waals surface area contributed by atoms with E-state index >= 15 is 0 Å². The van der Waals surface area contributed by atoms with E-state index in [1.807, 2.05) is 60.1 Å². The molecule has 4 aromatic rings. The van der Waals surface area contributed by atoms with Gasteiger partial charge in [0, 0.05) is 48.4 Å². The molecule has 0 amide bonds. The zero-order valence-corrected chi connectivity index (χ0v) is 19.7. The maximum atomic E-state index is 12.6. The Hall–Kier alpha value is -3.42. The molecule has 0 spiro atoms. The van der Waals surface area contributed by atoms with Gasteiger partial charge in [0.25, 0.3) is 0 Å². The molecule has 1 fully saturated rings. The minimum atomic E-state index is 0.120. The fraction of sp³-hybridized carbons (Fsp3) is 0.269. The molecule has 0 saturated carbocycles. The van der Waals surface area contributed by atoms with Crippen LogP contribution in [0.3, 0.4) is 0 Å². The number of nitrogens with one attached hydrogen (secondary N) is 2. The van der Waals surface area contributed by atoms with Crippen LogP contribution in [-0.2, 0) is 18.3 Å². The highest BCUT2D eigenvalue weighted by Gasteiger charge is 2.21. The van der Waals surface area contributed by atoms with E-state index in [4.69, 9.17) is 21.3 Å². The van der Waals surface area contributed by atoms with Gasteiger partial charge in [-0.15, -0.1) is 0 Å². The van der Waals surface area contributed by atoms with Crippen molar-refractivity contribution in [1.82, 2.24) is 19.9 Å². The molecule has 5 rings (SSSR count). The predicted octanol–water partition coefficient (Wildman–Crippen LogP) is 5.27. The molecule has 174 valence electrons. The molecule has 0 radical (unpaired) electrons. The maximum absolute atomic E-state index is 12.6. The number of carbonyl (C=O) groups is 1. The zero-order chi connectivity index (χ0) is 23.5. The lowest BCUT2D eigenvalue weighted by atomic mass is 9.91. The summed E-state index contributed by atoms with van der Waals surface area (Å²) in [6, 6.07) is 16.9. The molecule has 8 heteroatoms. The third kappa shape index (κ3) is 5.05. The fourth-order valence-electron chi connectivity index (χ4n) is 4.24. The normalized spacial score (nSPS) is 14.3. The van der Waals surface area contributed by atoms with Gasteiger partial charge in [-0.25, -0.2) is 4.98 Å². The van der Waals surface area contributed by atoms with Crippen LogP contribution in [0.15, 0.2) is 60.8 Å². The second-order valence-corrected chi connectivity index (χ2v) is 8.97. The van der Waals surface area contributed by atoms with Gasteiger partial charge in [0.2, 0.25) is 5.95 Å². The van der Waals surface area contributed by atoms with Gasteiger partial charge in [0.15, 0.2) is 0 Å². The number of fused-ring (bicyclic) bond motifs is 1. The quantitative estimate of drug-likeness (QED) is 0.379. The van der Waals surface area contributed by atoms with Gasteiger partial charge in [-0.2, -0.15) is 0 Å². The van der Waals surface area contributed by atoms with Crippen molar-refractivity contribution in [3.63, 3.8) is 0 Å². The topological polar surface area (TPSA) is 81.1 Å². The molecule has 1 aliphatic heterocycles. The Kier molecular flexibility index (Phi) is 6.47. The van der Waals surface area contributed by atoms with Crippen molar-refractivity contribution in [3.05, 3.63) is 71.5 Å². The molecule has 0 atom stereocenters. The van der Waals surface area contributed by atoms with Crippen molar-refractivity contribution >= 4 is 40.1 Å². The lowest BCUT2D eigenvalue weighted by Crippen LogP contribution is -2.32. The van der Waals surface area contributed by atoms with E-state index in [1.165, 1.54) is 0 Å². The Morgan fingerprint density at radius 1 is 1.12 bits per heavy atom. The Morgan fingerprint density at radius 2 is 1.88 bits per heavy atom. The molecule has 0 bridgehead atoms. The van der Waals surface area contributed by atoms with Crippen molar-refractivity contribution in [1.29, 1.82) is 0 Å². The predicted molar refractivity (Wildman–Crippen MR) is 134 cm³/mol. The summed E-state index contributed by atoms with van der Waals surface area (Å²) >= 11 is 5.98. The summed E-state index contributed by atoms with van der Waals surface area (Å²) in [4.78, 5) is 21.7. The molecule has 7 nitrogen and oxygen atoms in total. The Labute approximate surface area is 203 Å². The second kappa shape index (κ2) is 9.83. The lowest BCUT2D eigenvalue weighted by molar-refractivity contribution is -0.123. The number of hydrogen-bond acceptors (Lipinski definition) is 6. The smallest absolute Gasteiger partial charge is 0.208 e. The summed E-state index contributed by atoms with van der Waals surface area (Å²) in [6.07, 6.45) is 3.82. The zero-order valence-electron chi connectivity index (χ0n) is 18.9. The number of anilines is 2. The summed E-state index contributed by atoms with van der Waals surface area (Å²) in [5.41, 5.74) is 3.43. The first-order valence-electron chi connectivity index (χ1n) is 11.4. The summed E-state index contributed by atoms with van der Waals surface area (Å²) in [5.74, 6) is 2.41. The van der Waals surface area contributed by atoms with Crippen LogP contribution in [0, 0.1) is 5.92 Å². The van der Waals surface area contributed by atoms with Crippen LogP contribution in [0.4, 0.5) is 11.6 Å². The minimum Gasteiger partial charge on any atom is -0.457 e. The number of aryl methyl sites for hydroxylation is 1. The van der Waals surface area contributed by atoms with Crippen LogP contribution >= 0.6 is 11.6 Å². The second-order valence-electron chi connectivity index (χ2n) is 8.53. The number of ether oxygens (including phenoxy) is 1. The largest absolute Gasteiger partial charge is 0.457 e. The van der Waals surface area contributed by atoms with Gasteiger partial charge < -0.3 is 19.9 Å². The van der Waals surface area contributed by atoms with Crippen molar-refractivity contribution in [3.8, 4) is 11.5 Å². The van der Waals surface area contributed by atoms with Crippen molar-refractivity contribution < 1.29 is 9.53 Å². The molecule has 2 aromatic heterocycles. The molecule has 0 aliphatic carbocycles. The average molecular weight is 476 g/mol. The molecule has 0 unspecified atom stereocenters. The first kappa shape index (κ1) is 22.4. The van der Waals surface area contributed by atoms with Gasteiger partial charge >= 0.3 is 0 Å². The number of pyridine rings is 1. The molecule has 1 saturated heterocycles. The van der Waals surface area contributed by atoms with Crippen LogP contribution in [-0.4, -0.2) is 33.4 Å². The monoisotopic (exact) mass is 475 g/mol. The Balaban J connectivity index is 1.30. The molecular formula is C26H26ClN5O2. The van der Waals surface area contributed by atoms with E-state index in [-0.39, 0.29) is 11.7 Å². The van der Waals surface area contributed by atoms with E-state index in [0.29, 0.717) is 22.9 Å². The van der Waals surface area contributed by atoms with E-state index in [1.54, 1.807) is 12.3 Å². The van der Waals surface area contributed by atoms with Crippen LogP contribution in [0.2, 0.25) is 5.02 Å². The highest BCUT2D eigenvalue weighted by atomic mass is 35.5.